The summed E-state index contributed by atoms with van der Waals surface area (Å²) in [6.45, 7) is 0. The van der Waals surface area contributed by atoms with Crippen molar-refractivity contribution in [3.8, 4) is 0 Å². The highest BCUT2D eigenvalue weighted by Crippen LogP contribution is 2.46. The molecule has 0 aromatic rings. The summed E-state index contributed by atoms with van der Waals surface area (Å²) in [5, 5.41) is 19.8. The van der Waals surface area contributed by atoms with E-state index in [1.54, 1.807) is 0 Å². The van der Waals surface area contributed by atoms with Gasteiger partial charge in [-0.05, 0) is 0 Å². The van der Waals surface area contributed by atoms with Crippen LogP contribution in [0, 0.1) is 0 Å². The van der Waals surface area contributed by atoms with Crippen LogP contribution >= 0.6 is 31.3 Å². The van der Waals surface area contributed by atoms with E-state index in [-0.39, 0.29) is 49.2 Å². The lowest BCUT2D eigenvalue weighted by Gasteiger charge is -2.53. The maximum Gasteiger partial charge on any atom is 0.120 e. The van der Waals surface area contributed by atoms with Crippen LogP contribution in [0.4, 0.5) is 0 Å². The van der Waals surface area contributed by atoms with Crippen LogP contribution in [0.25, 0.3) is 0 Å². The third-order valence-electron chi connectivity index (χ3n) is 3.00. The molecule has 1 saturated carbocycles. The van der Waals surface area contributed by atoms with Gasteiger partial charge in [0.1, 0.15) is 36.6 Å². The van der Waals surface area contributed by atoms with Gasteiger partial charge in [0.2, 0.25) is 0 Å². The third kappa shape index (κ3) is 19.2. The zero-order valence-corrected chi connectivity index (χ0v) is 24.3. The molecular formula is C6H40N8O18P4. The molecule has 0 bridgehead atoms. The Bertz CT molecular complexity index is 632. The third-order valence-corrected chi connectivity index (χ3v) is 5.00. The molecule has 0 spiro atoms. The van der Waals surface area contributed by atoms with Crippen LogP contribution in [0.2, 0.25) is 0 Å². The molecule has 0 heterocycles. The highest BCUT2D eigenvalue weighted by atomic mass is 31.2. The summed E-state index contributed by atoms with van der Waals surface area (Å²) in [6.07, 6.45) is -17.6. The van der Waals surface area contributed by atoms with Crippen molar-refractivity contribution in [3.63, 3.8) is 0 Å². The van der Waals surface area contributed by atoms with Gasteiger partial charge in [0.25, 0.3) is 0 Å². The van der Waals surface area contributed by atoms with Crippen molar-refractivity contribution in [2.45, 2.75) is 36.6 Å². The predicted molar refractivity (Wildman–Crippen MR) is 110 cm³/mol. The second-order valence-electron chi connectivity index (χ2n) is 5.05. The Morgan fingerprint density at radius 2 is 0.500 bits per heavy atom. The fourth-order valence-corrected chi connectivity index (χ4v) is 4.41. The van der Waals surface area contributed by atoms with Gasteiger partial charge < -0.3 is 135 Å². The number of phosphoric acid groups is 4. The van der Waals surface area contributed by atoms with E-state index in [1.807, 2.05) is 0 Å². The van der Waals surface area contributed by atoms with Crippen LogP contribution in [-0.4, -0.2) is 46.8 Å². The first-order valence-electron chi connectivity index (χ1n) is 6.38. The summed E-state index contributed by atoms with van der Waals surface area (Å²) in [5.41, 5.74) is 0. The SMILES string of the molecule is O=P([O-])([O-])OC1C(O)C(OP(=O)([O-])[O-])C(OP(=O)([O-])[O-])C(O)C1OP(=O)([O-])[O-].[NH4+].[NH4+].[NH4+].[NH4+].[NH4+].[NH4+].[NH4+].[NH4+]. The molecule has 1 rings (SSSR count). The molecule has 1 aliphatic carbocycles. The van der Waals surface area contributed by atoms with Crippen molar-refractivity contribution in [2.75, 3.05) is 0 Å². The minimum atomic E-state index is -6.18. The zero-order chi connectivity index (χ0) is 22.3. The minimum Gasteiger partial charge on any atom is -0.790 e. The molecule has 0 amide bonds. The van der Waals surface area contributed by atoms with E-state index in [2.05, 4.69) is 18.1 Å². The normalized spacial score (nSPS) is 25.7. The molecule has 1 aliphatic rings. The van der Waals surface area contributed by atoms with E-state index < -0.39 is 67.9 Å². The average molecular weight is 636 g/mol. The van der Waals surface area contributed by atoms with Gasteiger partial charge in [-0.3, -0.25) is 0 Å². The fourth-order valence-electron chi connectivity index (χ4n) is 2.24. The smallest absolute Gasteiger partial charge is 0.120 e. The largest absolute Gasteiger partial charge is 0.790 e. The predicted octanol–water partition coefficient (Wildman–Crippen LogP) is -5.41. The van der Waals surface area contributed by atoms with Gasteiger partial charge in [-0.25, -0.2) is 0 Å². The molecule has 1 fully saturated rings. The summed E-state index contributed by atoms with van der Waals surface area (Å²) in [4.78, 5) is 86.0. The molecule has 4 unspecified atom stereocenters. The maximum atomic E-state index is 10.7. The van der Waals surface area contributed by atoms with Crippen molar-refractivity contribution in [1.82, 2.24) is 49.2 Å². The van der Waals surface area contributed by atoms with E-state index >= 15 is 0 Å². The van der Waals surface area contributed by atoms with E-state index in [1.165, 1.54) is 0 Å². The first-order chi connectivity index (χ1) is 12.2. The lowest BCUT2D eigenvalue weighted by Crippen LogP contribution is -2.66. The zero-order valence-electron chi connectivity index (χ0n) is 20.7. The van der Waals surface area contributed by atoms with Gasteiger partial charge in [0.05, 0.1) is 31.3 Å². The Labute approximate surface area is 203 Å². The van der Waals surface area contributed by atoms with Gasteiger partial charge >= 0.3 is 0 Å². The van der Waals surface area contributed by atoms with Gasteiger partial charge in [-0.1, -0.05) is 0 Å². The lowest BCUT2D eigenvalue weighted by molar-refractivity contribution is -0.378. The Balaban J connectivity index is -0.000000163. The summed E-state index contributed by atoms with van der Waals surface area (Å²) in [7, 11) is -24.7. The molecular weight excluding hydrogens is 596 g/mol. The molecule has 30 heteroatoms. The summed E-state index contributed by atoms with van der Waals surface area (Å²) in [6, 6.07) is 0. The molecule has 4 atom stereocenters. The van der Waals surface area contributed by atoms with Crippen molar-refractivity contribution < 1.29 is 85.7 Å². The monoisotopic (exact) mass is 636 g/mol. The molecule has 0 saturated heterocycles. The van der Waals surface area contributed by atoms with E-state index in [4.69, 9.17) is 0 Å². The van der Waals surface area contributed by atoms with Crippen LogP contribution in [0.1, 0.15) is 0 Å². The molecule has 232 valence electrons. The minimum absolute atomic E-state index is 0. The van der Waals surface area contributed by atoms with Gasteiger partial charge in [0.15, 0.2) is 0 Å². The highest BCUT2D eigenvalue weighted by molar-refractivity contribution is 7.44. The fraction of sp³-hybridized carbons (Fsp3) is 1.00. The number of aliphatic hydroxyl groups is 2. The van der Waals surface area contributed by atoms with Crippen molar-refractivity contribution in [1.29, 1.82) is 0 Å². The second-order valence-corrected chi connectivity index (χ2v) is 9.47. The average Bonchev–Trinajstić information content (AvgIpc) is 2.39. The molecule has 0 radical (unpaired) electrons. The first-order valence-corrected chi connectivity index (χ1v) is 12.2. The topological polar surface area (TPSA) is 622 Å². The Morgan fingerprint density at radius 3 is 0.583 bits per heavy atom. The van der Waals surface area contributed by atoms with Gasteiger partial charge in [-0.15, -0.1) is 0 Å². The highest BCUT2D eigenvalue weighted by Gasteiger charge is 2.54. The second kappa shape index (κ2) is 19.2. The lowest BCUT2D eigenvalue weighted by atomic mass is 9.85. The molecule has 36 heavy (non-hydrogen) atoms. The number of phosphoric ester groups is 4. The Hall–Kier alpha value is 0.0400. The quantitative estimate of drug-likeness (QED) is 0.111. The number of rotatable bonds is 8. The van der Waals surface area contributed by atoms with Crippen LogP contribution < -0.4 is 88.4 Å². The van der Waals surface area contributed by atoms with Crippen LogP contribution in [-0.2, 0) is 36.4 Å². The van der Waals surface area contributed by atoms with Gasteiger partial charge in [-0.2, -0.15) is 0 Å². The van der Waals surface area contributed by atoms with Crippen LogP contribution in [0.15, 0.2) is 0 Å². The summed E-state index contributed by atoms with van der Waals surface area (Å²) < 4.78 is 57.8. The Morgan fingerprint density at radius 1 is 0.389 bits per heavy atom. The van der Waals surface area contributed by atoms with Gasteiger partial charge in [0, 0.05) is 0 Å². The number of hydrogen-bond donors (Lipinski definition) is 10. The van der Waals surface area contributed by atoms with Crippen molar-refractivity contribution in [3.05, 3.63) is 0 Å². The number of hydrogen-bond acceptors (Lipinski definition) is 18. The van der Waals surface area contributed by atoms with Crippen molar-refractivity contribution in [2.24, 2.45) is 0 Å². The maximum absolute atomic E-state index is 10.7. The van der Waals surface area contributed by atoms with E-state index in [0.29, 0.717) is 0 Å². The number of aliphatic hydroxyl groups excluding tert-OH is 2. The molecule has 0 aromatic heterocycles. The molecule has 34 N–H and O–H groups in total. The molecule has 0 aliphatic heterocycles. The van der Waals surface area contributed by atoms with E-state index in [0.717, 1.165) is 0 Å². The standard InChI is InChI=1S/C6H16O18P4.8H3N/c7-1-3(21-25(9,10)11)5(23-27(15,16)17)2(8)6(24-28(18,19)20)4(1)22-26(12,13)14;;;;;;;;/h1-8H,(H2,9,10,11)(H2,12,13,14)(H2,15,16,17)(H2,18,19,20);8*1H3. The van der Waals surface area contributed by atoms with Crippen molar-refractivity contribution >= 4 is 31.3 Å². The Kier molecular flexibility index (Phi) is 29.9. The van der Waals surface area contributed by atoms with Crippen LogP contribution in [0.3, 0.4) is 0 Å². The summed E-state index contributed by atoms with van der Waals surface area (Å²) >= 11 is 0. The van der Waals surface area contributed by atoms with E-state index in [9.17, 15) is 67.6 Å². The molecule has 0 aromatic carbocycles. The molecule has 26 nitrogen and oxygen atoms in total. The first kappa shape index (κ1) is 56.3. The number of quaternary nitrogens is 8. The summed E-state index contributed by atoms with van der Waals surface area (Å²) in [5.74, 6) is 0. The van der Waals surface area contributed by atoms with Crippen LogP contribution in [0.5, 0.6) is 0 Å².